The van der Waals surface area contributed by atoms with Crippen LogP contribution in [0.3, 0.4) is 0 Å². The molecule has 0 saturated carbocycles. The molecule has 0 saturated heterocycles. The second-order valence-corrected chi connectivity index (χ2v) is 4.69. The Kier molecular flexibility index (Phi) is 5.74. The summed E-state index contributed by atoms with van der Waals surface area (Å²) < 4.78 is 37.7. The topological polar surface area (TPSA) is 42.0 Å². The van der Waals surface area contributed by atoms with Crippen LogP contribution in [0.15, 0.2) is 54.7 Å². The summed E-state index contributed by atoms with van der Waals surface area (Å²) in [5, 5.41) is 2.52. The van der Waals surface area contributed by atoms with Gasteiger partial charge in [0, 0.05) is 17.8 Å². The molecule has 6 heteroatoms. The highest BCUT2D eigenvalue weighted by Gasteiger charge is 2.30. The summed E-state index contributed by atoms with van der Waals surface area (Å²) >= 11 is 0. The molecule has 1 N–H and O–H groups in total. The number of carbonyl (C=O) groups is 1. The first-order chi connectivity index (χ1) is 11.4. The summed E-state index contributed by atoms with van der Waals surface area (Å²) in [4.78, 5) is 15.6. The summed E-state index contributed by atoms with van der Waals surface area (Å²) in [6.45, 7) is 0.0294. The van der Waals surface area contributed by atoms with Gasteiger partial charge in [-0.25, -0.2) is 0 Å². The smallest absolute Gasteiger partial charge is 0.342 e. The number of nitrogens with zero attached hydrogens (tertiary/aromatic N) is 1. The predicted octanol–water partition coefficient (Wildman–Crippen LogP) is 3.28. The van der Waals surface area contributed by atoms with E-state index in [4.69, 9.17) is 0 Å². The number of halogens is 3. The van der Waals surface area contributed by atoms with Crippen molar-refractivity contribution in [1.29, 1.82) is 0 Å². The molecule has 0 atom stereocenters. The van der Waals surface area contributed by atoms with Gasteiger partial charge in [0.2, 0.25) is 5.91 Å². The van der Waals surface area contributed by atoms with Gasteiger partial charge < -0.3 is 5.32 Å². The maximum Gasteiger partial charge on any atom is 0.416 e. The first-order valence-corrected chi connectivity index (χ1v) is 6.98. The maximum absolute atomic E-state index is 12.6. The normalized spacial score (nSPS) is 11.0. The zero-order valence-corrected chi connectivity index (χ0v) is 12.5. The molecule has 0 spiro atoms. The number of benzene rings is 1. The van der Waals surface area contributed by atoms with Crippen molar-refractivity contribution in [3.8, 4) is 11.8 Å². The van der Waals surface area contributed by atoms with Gasteiger partial charge in [0.15, 0.2) is 0 Å². The number of carbonyl (C=O) groups excluding carboxylic acids is 1. The van der Waals surface area contributed by atoms with Crippen molar-refractivity contribution in [3.05, 3.63) is 71.6 Å². The van der Waals surface area contributed by atoms with Gasteiger partial charge in [-0.3, -0.25) is 9.78 Å². The number of hydrogen-bond donors (Lipinski definition) is 1. The number of amides is 1. The minimum atomic E-state index is -4.40. The van der Waals surface area contributed by atoms with E-state index in [1.807, 2.05) is 0 Å². The van der Waals surface area contributed by atoms with Crippen molar-refractivity contribution in [2.75, 3.05) is 6.54 Å². The van der Waals surface area contributed by atoms with E-state index in [2.05, 4.69) is 22.1 Å². The van der Waals surface area contributed by atoms with Crippen molar-refractivity contribution in [2.45, 2.75) is 6.18 Å². The average molecular weight is 330 g/mol. The average Bonchev–Trinajstić information content (AvgIpc) is 2.57. The summed E-state index contributed by atoms with van der Waals surface area (Å²) in [5.74, 6) is 4.83. The van der Waals surface area contributed by atoms with Crippen molar-refractivity contribution in [2.24, 2.45) is 0 Å². The predicted molar refractivity (Wildman–Crippen MR) is 84.6 cm³/mol. The van der Waals surface area contributed by atoms with Crippen LogP contribution in [-0.4, -0.2) is 17.4 Å². The minimum absolute atomic E-state index is 0.0294. The van der Waals surface area contributed by atoms with Gasteiger partial charge in [0.05, 0.1) is 17.8 Å². The van der Waals surface area contributed by atoms with Crippen LogP contribution in [0.25, 0.3) is 6.08 Å². The van der Waals surface area contributed by atoms with Crippen LogP contribution in [0.1, 0.15) is 16.8 Å². The molecular formula is C18H13F3N2O. The molecule has 24 heavy (non-hydrogen) atoms. The van der Waals surface area contributed by atoms with Crippen LogP contribution in [0.2, 0.25) is 0 Å². The summed E-state index contributed by atoms with van der Waals surface area (Å²) in [7, 11) is 0. The standard InChI is InChI=1S/C18H13F3N2O/c19-18(20,21)15-7-3-5-14(13-15)6-4-12-23-17(24)10-9-16-8-1-2-11-22-16/h1-3,5,7-11,13H,12H2,(H,23,24). The van der Waals surface area contributed by atoms with Crippen LogP contribution >= 0.6 is 0 Å². The van der Waals surface area contributed by atoms with E-state index in [9.17, 15) is 18.0 Å². The lowest BCUT2D eigenvalue weighted by atomic mass is 10.1. The Morgan fingerprint density at radius 3 is 2.75 bits per heavy atom. The van der Waals surface area contributed by atoms with Crippen molar-refractivity contribution < 1.29 is 18.0 Å². The Labute approximate surface area is 137 Å². The van der Waals surface area contributed by atoms with E-state index >= 15 is 0 Å². The Hall–Kier alpha value is -3.07. The highest BCUT2D eigenvalue weighted by atomic mass is 19.4. The number of alkyl halides is 3. The fraction of sp³-hybridized carbons (Fsp3) is 0.111. The molecule has 1 aromatic heterocycles. The third-order valence-electron chi connectivity index (χ3n) is 2.87. The van der Waals surface area contributed by atoms with Gasteiger partial charge in [-0.2, -0.15) is 13.2 Å². The third-order valence-corrected chi connectivity index (χ3v) is 2.87. The Morgan fingerprint density at radius 2 is 2.04 bits per heavy atom. The van der Waals surface area contributed by atoms with Crippen LogP contribution < -0.4 is 5.32 Å². The quantitative estimate of drug-likeness (QED) is 0.693. The first-order valence-electron chi connectivity index (χ1n) is 6.98. The molecule has 0 radical (unpaired) electrons. The van der Waals surface area contributed by atoms with Crippen LogP contribution in [0.4, 0.5) is 13.2 Å². The van der Waals surface area contributed by atoms with E-state index in [1.54, 1.807) is 30.5 Å². The van der Waals surface area contributed by atoms with Gasteiger partial charge in [-0.1, -0.05) is 24.0 Å². The van der Waals surface area contributed by atoms with E-state index < -0.39 is 11.7 Å². The fourth-order valence-electron chi connectivity index (χ4n) is 1.75. The van der Waals surface area contributed by atoms with E-state index in [0.717, 1.165) is 12.1 Å². The molecule has 0 unspecified atom stereocenters. The Morgan fingerprint density at radius 1 is 1.21 bits per heavy atom. The van der Waals surface area contributed by atoms with E-state index in [1.165, 1.54) is 18.2 Å². The molecule has 0 aliphatic carbocycles. The van der Waals surface area contributed by atoms with E-state index in [-0.39, 0.29) is 18.0 Å². The number of pyridine rings is 1. The Balaban J connectivity index is 1.88. The van der Waals surface area contributed by atoms with Crippen molar-refractivity contribution in [3.63, 3.8) is 0 Å². The lowest BCUT2D eigenvalue weighted by Crippen LogP contribution is -2.20. The molecule has 2 aromatic rings. The molecule has 3 nitrogen and oxygen atoms in total. The fourth-order valence-corrected chi connectivity index (χ4v) is 1.75. The molecular weight excluding hydrogens is 317 g/mol. The van der Waals surface area contributed by atoms with E-state index in [0.29, 0.717) is 5.69 Å². The zero-order chi connectivity index (χ0) is 17.4. The molecule has 0 bridgehead atoms. The van der Waals surface area contributed by atoms with Gasteiger partial charge in [0.1, 0.15) is 0 Å². The maximum atomic E-state index is 12.6. The summed E-state index contributed by atoms with van der Waals surface area (Å²) in [6, 6.07) is 10.0. The number of hydrogen-bond acceptors (Lipinski definition) is 2. The second kappa shape index (κ2) is 7.97. The number of aromatic nitrogens is 1. The van der Waals surface area contributed by atoms with Gasteiger partial charge in [-0.05, 0) is 36.4 Å². The van der Waals surface area contributed by atoms with Crippen molar-refractivity contribution >= 4 is 12.0 Å². The number of nitrogens with one attached hydrogen (secondary N) is 1. The second-order valence-electron chi connectivity index (χ2n) is 4.69. The summed E-state index contributed by atoms with van der Waals surface area (Å²) in [6.07, 6.45) is 0.0736. The molecule has 0 aliphatic rings. The molecule has 1 amide bonds. The molecule has 0 fully saturated rings. The third kappa shape index (κ3) is 5.61. The zero-order valence-electron chi connectivity index (χ0n) is 12.5. The van der Waals surface area contributed by atoms with Gasteiger partial charge in [-0.15, -0.1) is 0 Å². The largest absolute Gasteiger partial charge is 0.416 e. The lowest BCUT2D eigenvalue weighted by Gasteiger charge is -2.05. The molecule has 1 aromatic carbocycles. The van der Waals surface area contributed by atoms with Crippen LogP contribution in [-0.2, 0) is 11.0 Å². The minimum Gasteiger partial charge on any atom is -0.342 e. The van der Waals surface area contributed by atoms with Gasteiger partial charge >= 0.3 is 6.18 Å². The highest BCUT2D eigenvalue weighted by Crippen LogP contribution is 2.29. The number of rotatable bonds is 3. The van der Waals surface area contributed by atoms with Crippen molar-refractivity contribution in [1.82, 2.24) is 10.3 Å². The first kappa shape index (κ1) is 17.3. The highest BCUT2D eigenvalue weighted by molar-refractivity contribution is 5.91. The van der Waals surface area contributed by atoms with Gasteiger partial charge in [0.25, 0.3) is 0 Å². The SMILES string of the molecule is O=C(C=Cc1ccccn1)NCC#Cc1cccc(C(F)(F)F)c1. The molecule has 0 aliphatic heterocycles. The monoisotopic (exact) mass is 330 g/mol. The molecule has 2 rings (SSSR count). The molecule has 1 heterocycles. The lowest BCUT2D eigenvalue weighted by molar-refractivity contribution is -0.137. The molecule has 122 valence electrons. The van der Waals surface area contributed by atoms with Crippen LogP contribution in [0.5, 0.6) is 0 Å². The summed E-state index contributed by atoms with van der Waals surface area (Å²) in [5.41, 5.74) is 0.127. The Bertz CT molecular complexity index is 787. The van der Waals surface area contributed by atoms with Crippen LogP contribution in [0, 0.1) is 11.8 Å².